The number of carbonyl (C=O) groups is 1. The fourth-order valence-electron chi connectivity index (χ4n) is 2.25. The van der Waals surface area contributed by atoms with Crippen molar-refractivity contribution in [2.45, 2.75) is 6.92 Å². The molecule has 0 saturated heterocycles. The van der Waals surface area contributed by atoms with Gasteiger partial charge in [0, 0.05) is 10.9 Å². The van der Waals surface area contributed by atoms with Crippen LogP contribution in [-0.2, 0) is 0 Å². The summed E-state index contributed by atoms with van der Waals surface area (Å²) < 4.78 is 0. The van der Waals surface area contributed by atoms with Crippen LogP contribution in [-0.4, -0.2) is 16.2 Å². The molecule has 3 rings (SSSR count). The van der Waals surface area contributed by atoms with Crippen molar-refractivity contribution in [2.24, 2.45) is 0 Å². The second kappa shape index (κ2) is 5.99. The number of hydrogen-bond donors (Lipinski definition) is 1. The van der Waals surface area contributed by atoms with E-state index in [1.54, 1.807) is 29.5 Å². The monoisotopic (exact) mass is 310 g/mol. The van der Waals surface area contributed by atoms with Crippen LogP contribution in [0, 0.1) is 6.92 Å². The molecule has 0 fully saturated rings. The topological polar surface area (TPSA) is 53.4 Å². The summed E-state index contributed by atoms with van der Waals surface area (Å²) in [6, 6.07) is 16.4. The van der Waals surface area contributed by atoms with Gasteiger partial charge in [0.05, 0.1) is 22.1 Å². The Labute approximate surface area is 132 Å². The fraction of sp³-hybridized carbons (Fsp3) is 0.0588. The highest BCUT2D eigenvalue weighted by atomic mass is 32.1. The van der Waals surface area contributed by atoms with Crippen molar-refractivity contribution in [2.75, 3.05) is 4.90 Å². The minimum atomic E-state index is -1.02. The molecule has 0 bridgehead atoms. The lowest BCUT2D eigenvalue weighted by Crippen LogP contribution is -2.23. The average molecular weight is 310 g/mol. The molecule has 0 spiro atoms. The molecule has 110 valence electrons. The van der Waals surface area contributed by atoms with Gasteiger partial charge in [0.15, 0.2) is 0 Å². The molecule has 1 aromatic heterocycles. The number of rotatable bonds is 3. The van der Waals surface area contributed by atoms with Gasteiger partial charge in [0.25, 0.3) is 0 Å². The molecule has 5 heteroatoms. The minimum absolute atomic E-state index is 0.599. The predicted octanol–water partition coefficient (Wildman–Crippen LogP) is 4.93. The van der Waals surface area contributed by atoms with Crippen LogP contribution in [0.1, 0.15) is 5.01 Å². The molecule has 0 aliphatic heterocycles. The molecule has 0 atom stereocenters. The smallest absolute Gasteiger partial charge is 0.416 e. The molecule has 0 saturated carbocycles. The maximum atomic E-state index is 11.7. The van der Waals surface area contributed by atoms with E-state index in [1.807, 2.05) is 48.7 Å². The van der Waals surface area contributed by atoms with E-state index in [2.05, 4.69) is 4.98 Å². The summed E-state index contributed by atoms with van der Waals surface area (Å²) in [7, 11) is 0. The molecule has 1 amide bonds. The first-order valence-corrected chi connectivity index (χ1v) is 7.64. The van der Waals surface area contributed by atoms with Crippen LogP contribution in [0.25, 0.3) is 11.3 Å². The lowest BCUT2D eigenvalue weighted by molar-refractivity contribution is 0.205. The van der Waals surface area contributed by atoms with Crippen LogP contribution in [0.5, 0.6) is 0 Å². The Kier molecular flexibility index (Phi) is 3.89. The lowest BCUT2D eigenvalue weighted by atomic mass is 10.1. The summed E-state index contributed by atoms with van der Waals surface area (Å²) in [4.78, 5) is 17.4. The van der Waals surface area contributed by atoms with Gasteiger partial charge in [-0.2, -0.15) is 0 Å². The van der Waals surface area contributed by atoms with Gasteiger partial charge >= 0.3 is 6.09 Å². The first-order valence-electron chi connectivity index (χ1n) is 6.76. The summed E-state index contributed by atoms with van der Waals surface area (Å²) in [6.45, 7) is 1.95. The zero-order chi connectivity index (χ0) is 15.5. The van der Waals surface area contributed by atoms with Gasteiger partial charge in [-0.15, -0.1) is 11.3 Å². The largest absolute Gasteiger partial charge is 0.464 e. The van der Waals surface area contributed by atoms with Gasteiger partial charge in [-0.25, -0.2) is 14.7 Å². The molecule has 0 unspecified atom stereocenters. The maximum absolute atomic E-state index is 11.7. The number of thiazole rings is 1. The van der Waals surface area contributed by atoms with Crippen LogP contribution in [0.3, 0.4) is 0 Å². The summed E-state index contributed by atoms with van der Waals surface area (Å²) in [5.74, 6) is 0. The van der Waals surface area contributed by atoms with E-state index < -0.39 is 6.09 Å². The van der Waals surface area contributed by atoms with Crippen LogP contribution in [0.4, 0.5) is 16.2 Å². The van der Waals surface area contributed by atoms with Crippen molar-refractivity contribution in [1.82, 2.24) is 4.98 Å². The molecule has 1 heterocycles. The first-order chi connectivity index (χ1) is 10.6. The van der Waals surface area contributed by atoms with E-state index >= 15 is 0 Å². The third-order valence-electron chi connectivity index (χ3n) is 3.22. The number of benzene rings is 2. The Balaban J connectivity index is 2.04. The number of aromatic nitrogens is 1. The number of amides is 1. The van der Waals surface area contributed by atoms with Crippen LogP contribution >= 0.6 is 11.3 Å². The summed E-state index contributed by atoms with van der Waals surface area (Å²) >= 11 is 1.58. The van der Waals surface area contributed by atoms with E-state index in [9.17, 15) is 9.90 Å². The van der Waals surface area contributed by atoms with Gasteiger partial charge in [0.1, 0.15) is 0 Å². The number of para-hydroxylation sites is 1. The van der Waals surface area contributed by atoms with Crippen molar-refractivity contribution >= 4 is 28.8 Å². The van der Waals surface area contributed by atoms with Gasteiger partial charge in [0.2, 0.25) is 0 Å². The molecular formula is C17H14N2O2S. The zero-order valence-electron chi connectivity index (χ0n) is 11.9. The van der Waals surface area contributed by atoms with Crippen LogP contribution in [0.2, 0.25) is 0 Å². The highest BCUT2D eigenvalue weighted by Gasteiger charge is 2.17. The minimum Gasteiger partial charge on any atom is -0.464 e. The normalized spacial score (nSPS) is 10.4. The third kappa shape index (κ3) is 2.84. The second-order valence-electron chi connectivity index (χ2n) is 4.76. The molecule has 0 aliphatic rings. The van der Waals surface area contributed by atoms with E-state index in [1.165, 1.54) is 4.90 Å². The number of aryl methyl sites for hydroxylation is 1. The molecule has 2 aromatic carbocycles. The van der Waals surface area contributed by atoms with Crippen molar-refractivity contribution in [3.63, 3.8) is 0 Å². The predicted molar refractivity (Wildman–Crippen MR) is 88.9 cm³/mol. The summed E-state index contributed by atoms with van der Waals surface area (Å²) in [5.41, 5.74) is 2.98. The summed E-state index contributed by atoms with van der Waals surface area (Å²) in [6.07, 6.45) is -1.02. The van der Waals surface area contributed by atoms with Gasteiger partial charge < -0.3 is 5.11 Å². The Hall–Kier alpha value is -2.66. The van der Waals surface area contributed by atoms with Gasteiger partial charge in [-0.05, 0) is 31.2 Å². The van der Waals surface area contributed by atoms with E-state index in [0.29, 0.717) is 11.4 Å². The highest BCUT2D eigenvalue weighted by Crippen LogP contribution is 2.30. The second-order valence-corrected chi connectivity index (χ2v) is 5.82. The molecule has 0 aliphatic carbocycles. The zero-order valence-corrected chi connectivity index (χ0v) is 12.7. The van der Waals surface area contributed by atoms with Crippen molar-refractivity contribution in [3.05, 3.63) is 65.0 Å². The van der Waals surface area contributed by atoms with Crippen LogP contribution in [0.15, 0.2) is 60.0 Å². The Morgan fingerprint density at radius 2 is 1.82 bits per heavy atom. The quantitative estimate of drug-likeness (QED) is 0.746. The Bertz CT molecular complexity index is 799. The molecule has 1 N–H and O–H groups in total. The summed E-state index contributed by atoms with van der Waals surface area (Å²) in [5, 5.41) is 12.5. The molecule has 0 radical (unpaired) electrons. The SMILES string of the molecule is Cc1nc(-c2cccc(N(C(=O)O)c3ccccc3)c2)cs1. The Morgan fingerprint density at radius 1 is 1.09 bits per heavy atom. The van der Waals surface area contributed by atoms with Crippen LogP contribution < -0.4 is 4.90 Å². The van der Waals surface area contributed by atoms with Crippen molar-refractivity contribution in [1.29, 1.82) is 0 Å². The number of carboxylic acid groups (broad SMARTS) is 1. The van der Waals surface area contributed by atoms with E-state index in [0.717, 1.165) is 16.3 Å². The fourth-order valence-corrected chi connectivity index (χ4v) is 2.87. The maximum Gasteiger partial charge on any atom is 0.416 e. The standard InChI is InChI=1S/C17H14N2O2S/c1-12-18-16(11-22-12)13-6-5-9-15(10-13)19(17(20)21)14-7-3-2-4-8-14/h2-11H,1H3,(H,20,21). The van der Waals surface area contributed by atoms with Gasteiger partial charge in [-0.1, -0.05) is 30.3 Å². The molecule has 4 nitrogen and oxygen atoms in total. The van der Waals surface area contributed by atoms with Crippen molar-refractivity contribution < 1.29 is 9.90 Å². The molecule has 22 heavy (non-hydrogen) atoms. The van der Waals surface area contributed by atoms with E-state index in [-0.39, 0.29) is 0 Å². The Morgan fingerprint density at radius 3 is 2.45 bits per heavy atom. The lowest BCUT2D eigenvalue weighted by Gasteiger charge is -2.19. The molecule has 3 aromatic rings. The highest BCUT2D eigenvalue weighted by molar-refractivity contribution is 7.09. The molecular weight excluding hydrogens is 296 g/mol. The number of anilines is 2. The number of nitrogens with zero attached hydrogens (tertiary/aromatic N) is 2. The van der Waals surface area contributed by atoms with E-state index in [4.69, 9.17) is 0 Å². The van der Waals surface area contributed by atoms with Crippen molar-refractivity contribution in [3.8, 4) is 11.3 Å². The number of hydrogen-bond acceptors (Lipinski definition) is 3. The van der Waals surface area contributed by atoms with Gasteiger partial charge in [-0.3, -0.25) is 0 Å². The first kappa shape index (κ1) is 14.3. The average Bonchev–Trinajstić information content (AvgIpc) is 2.95. The third-order valence-corrected chi connectivity index (χ3v) is 4.00.